The Balaban J connectivity index is 1.46. The molecule has 4 atom stereocenters. The molecule has 1 aromatic carbocycles. The Morgan fingerprint density at radius 2 is 1.76 bits per heavy atom. The van der Waals surface area contributed by atoms with Gasteiger partial charge in [-0.3, -0.25) is 24.1 Å². The van der Waals surface area contributed by atoms with Crippen molar-refractivity contribution in [3.63, 3.8) is 0 Å². The number of Topliss-reactive ketones (excluding diaryl/α,β-unsaturated/α-hetero) is 1. The quantitative estimate of drug-likeness (QED) is 0.319. The largest absolute Gasteiger partial charge is 0.491 e. The lowest BCUT2D eigenvalue weighted by molar-refractivity contribution is -0.143. The number of hydrogen-bond acceptors (Lipinski definition) is 6. The maximum absolute atomic E-state index is 14.0. The van der Waals surface area contributed by atoms with Crippen LogP contribution in [0.5, 0.6) is 5.75 Å². The number of allylic oxidation sites excluding steroid dienone is 6. The number of amides is 2. The Bertz CT molecular complexity index is 1320. The number of aliphatic hydroxyl groups excluding tert-OH is 1. The number of rotatable bonds is 5. The number of ketones is 2. The number of imide groups is 1. The zero-order valence-electron chi connectivity index (χ0n) is 21.0. The van der Waals surface area contributed by atoms with Crippen molar-refractivity contribution < 1.29 is 29.0 Å². The molecule has 4 unspecified atom stereocenters. The van der Waals surface area contributed by atoms with Crippen LogP contribution in [0.3, 0.4) is 0 Å². The number of ether oxygens (including phenoxy) is 1. The molecule has 0 bridgehead atoms. The van der Waals surface area contributed by atoms with Gasteiger partial charge < -0.3 is 9.84 Å². The number of hydrogen-bond donors (Lipinski definition) is 1. The molecule has 38 heavy (non-hydrogen) atoms. The molecule has 1 heterocycles. The first kappa shape index (κ1) is 25.4. The van der Waals surface area contributed by atoms with Crippen LogP contribution in [-0.4, -0.2) is 52.6 Å². The maximum Gasteiger partial charge on any atom is 0.233 e. The van der Waals surface area contributed by atoms with Gasteiger partial charge in [0.2, 0.25) is 11.8 Å². The van der Waals surface area contributed by atoms with Crippen molar-refractivity contribution in [1.82, 2.24) is 4.90 Å². The minimum Gasteiger partial charge on any atom is -0.491 e. The van der Waals surface area contributed by atoms with E-state index in [1.54, 1.807) is 11.0 Å². The number of fused-ring (bicyclic) bond motifs is 3. The van der Waals surface area contributed by atoms with Crippen molar-refractivity contribution in [3.8, 4) is 5.75 Å². The third kappa shape index (κ3) is 3.95. The third-order valence-corrected chi connectivity index (χ3v) is 9.47. The van der Waals surface area contributed by atoms with Crippen LogP contribution < -0.4 is 4.74 Å². The number of carbonyl (C=O) groups excluding carboxylic acids is 4. The Kier molecular flexibility index (Phi) is 6.72. The molecule has 0 radical (unpaired) electrons. The van der Waals surface area contributed by atoms with Gasteiger partial charge in [-0.1, -0.05) is 49.1 Å². The first-order valence-corrected chi connectivity index (χ1v) is 14.3. The number of likely N-dealkylation sites (tertiary alicyclic amines) is 1. The smallest absolute Gasteiger partial charge is 0.233 e. The van der Waals surface area contributed by atoms with Gasteiger partial charge >= 0.3 is 0 Å². The van der Waals surface area contributed by atoms with Crippen LogP contribution in [0, 0.1) is 17.8 Å². The SMILES string of the molecule is O=C1C=C(Br)C(=O)C2=C1C(c1ccccc1OCCO)C1=CCC3C(=O)N(C4CCCCC4)C(=O)C3C1C2. The number of halogens is 1. The normalized spacial score (nSPS) is 29.6. The van der Waals surface area contributed by atoms with Crippen LogP contribution in [0.1, 0.15) is 56.4 Å². The van der Waals surface area contributed by atoms with E-state index in [1.165, 1.54) is 6.08 Å². The van der Waals surface area contributed by atoms with Crippen LogP contribution in [0.25, 0.3) is 0 Å². The third-order valence-electron chi connectivity index (χ3n) is 8.88. The number of carbonyl (C=O) groups is 4. The van der Waals surface area contributed by atoms with E-state index in [9.17, 15) is 24.3 Å². The Labute approximate surface area is 229 Å². The summed E-state index contributed by atoms with van der Waals surface area (Å²) in [4.78, 5) is 55.9. The van der Waals surface area contributed by atoms with Crippen LogP contribution in [-0.2, 0) is 19.2 Å². The summed E-state index contributed by atoms with van der Waals surface area (Å²) >= 11 is 3.27. The fourth-order valence-electron chi connectivity index (χ4n) is 7.29. The molecular weight excluding hydrogens is 550 g/mol. The Hall–Kier alpha value is -2.84. The summed E-state index contributed by atoms with van der Waals surface area (Å²) < 4.78 is 6.06. The van der Waals surface area contributed by atoms with E-state index < -0.39 is 17.8 Å². The highest BCUT2D eigenvalue weighted by Gasteiger charge is 2.57. The van der Waals surface area contributed by atoms with Gasteiger partial charge in [0.25, 0.3) is 0 Å². The molecule has 2 fully saturated rings. The van der Waals surface area contributed by atoms with E-state index in [2.05, 4.69) is 15.9 Å². The first-order chi connectivity index (χ1) is 18.4. The molecule has 0 spiro atoms. The molecule has 7 nitrogen and oxygen atoms in total. The molecule has 198 valence electrons. The van der Waals surface area contributed by atoms with Gasteiger partial charge in [0, 0.05) is 34.7 Å². The second-order valence-electron chi connectivity index (χ2n) is 10.8. The lowest BCUT2D eigenvalue weighted by Crippen LogP contribution is -2.43. The van der Waals surface area contributed by atoms with Crippen LogP contribution in [0.4, 0.5) is 0 Å². The predicted octanol–water partition coefficient (Wildman–Crippen LogP) is 4.15. The number of benzene rings is 1. The molecule has 5 aliphatic rings. The number of para-hydroxylation sites is 1. The standard InChI is InChI=1S/C30H30BrNO6/c31-22-15-23(34)27-21(28(22)35)14-20-17(25(27)18-8-4-5-9-24(18)38-13-12-33)10-11-19-26(20)30(37)32(29(19)36)16-6-2-1-3-7-16/h4-5,8-10,15-16,19-20,25-26,33H,1-3,6-7,11-14H2. The summed E-state index contributed by atoms with van der Waals surface area (Å²) in [5.41, 5.74) is 2.45. The summed E-state index contributed by atoms with van der Waals surface area (Å²) in [5.74, 6) is -2.09. The molecule has 1 saturated carbocycles. The molecule has 1 saturated heterocycles. The van der Waals surface area contributed by atoms with E-state index in [4.69, 9.17) is 4.74 Å². The molecular formula is C30H30BrNO6. The molecule has 8 heteroatoms. The monoisotopic (exact) mass is 579 g/mol. The summed E-state index contributed by atoms with van der Waals surface area (Å²) in [6.07, 6.45) is 8.90. The van der Waals surface area contributed by atoms with Crippen molar-refractivity contribution in [2.24, 2.45) is 17.8 Å². The highest BCUT2D eigenvalue weighted by atomic mass is 79.9. The summed E-state index contributed by atoms with van der Waals surface area (Å²) in [5, 5.41) is 9.37. The van der Waals surface area contributed by atoms with Crippen LogP contribution >= 0.6 is 15.9 Å². The first-order valence-electron chi connectivity index (χ1n) is 13.5. The fraction of sp³-hybridized carbons (Fsp3) is 0.467. The lowest BCUT2D eigenvalue weighted by Gasteiger charge is -2.42. The molecule has 4 aliphatic carbocycles. The number of aliphatic hydroxyl groups is 1. The second-order valence-corrected chi connectivity index (χ2v) is 11.7. The van der Waals surface area contributed by atoms with E-state index in [1.807, 2.05) is 24.3 Å². The van der Waals surface area contributed by atoms with E-state index >= 15 is 0 Å². The summed E-state index contributed by atoms with van der Waals surface area (Å²) in [7, 11) is 0. The Morgan fingerprint density at radius 1 is 1.00 bits per heavy atom. The van der Waals surface area contributed by atoms with Gasteiger partial charge in [-0.2, -0.15) is 0 Å². The summed E-state index contributed by atoms with van der Waals surface area (Å²) in [6.45, 7) is -0.0762. The average Bonchev–Trinajstić information content (AvgIpc) is 3.19. The van der Waals surface area contributed by atoms with Crippen molar-refractivity contribution >= 4 is 39.3 Å². The highest BCUT2D eigenvalue weighted by Crippen LogP contribution is 2.56. The average molecular weight is 580 g/mol. The van der Waals surface area contributed by atoms with Crippen molar-refractivity contribution in [1.29, 1.82) is 0 Å². The van der Waals surface area contributed by atoms with Crippen molar-refractivity contribution in [3.05, 3.63) is 63.2 Å². The minimum atomic E-state index is -0.570. The molecule has 2 amide bonds. The van der Waals surface area contributed by atoms with E-state index in [-0.39, 0.29) is 59.5 Å². The van der Waals surface area contributed by atoms with Crippen LogP contribution in [0.2, 0.25) is 0 Å². The fourth-order valence-corrected chi connectivity index (χ4v) is 7.74. The Morgan fingerprint density at radius 3 is 2.53 bits per heavy atom. The van der Waals surface area contributed by atoms with Crippen LogP contribution in [0.15, 0.2) is 57.6 Å². The lowest BCUT2D eigenvalue weighted by atomic mass is 9.59. The molecule has 6 rings (SSSR count). The van der Waals surface area contributed by atoms with Gasteiger partial charge in [0.1, 0.15) is 12.4 Å². The van der Waals surface area contributed by atoms with Gasteiger partial charge in [0.05, 0.1) is 22.9 Å². The van der Waals surface area contributed by atoms with Crippen molar-refractivity contribution in [2.45, 2.75) is 56.9 Å². The minimum absolute atomic E-state index is 0.0467. The maximum atomic E-state index is 14.0. The van der Waals surface area contributed by atoms with Gasteiger partial charge in [-0.05, 0) is 53.6 Å². The summed E-state index contributed by atoms with van der Waals surface area (Å²) in [6, 6.07) is 7.29. The topological polar surface area (TPSA) is 101 Å². The molecule has 1 N–H and O–H groups in total. The zero-order chi connectivity index (χ0) is 26.6. The highest BCUT2D eigenvalue weighted by molar-refractivity contribution is 9.12. The molecule has 0 aromatic heterocycles. The number of nitrogens with zero attached hydrogens (tertiary/aromatic N) is 1. The van der Waals surface area contributed by atoms with Gasteiger partial charge in [-0.15, -0.1) is 0 Å². The van der Waals surface area contributed by atoms with E-state index in [0.29, 0.717) is 23.3 Å². The molecule has 1 aromatic rings. The van der Waals surface area contributed by atoms with E-state index in [0.717, 1.165) is 43.2 Å². The van der Waals surface area contributed by atoms with Gasteiger partial charge in [-0.25, -0.2) is 0 Å². The second kappa shape index (κ2) is 10.0. The van der Waals surface area contributed by atoms with Gasteiger partial charge in [0.15, 0.2) is 11.6 Å². The molecule has 1 aliphatic heterocycles. The zero-order valence-corrected chi connectivity index (χ0v) is 22.6. The van der Waals surface area contributed by atoms with Crippen molar-refractivity contribution in [2.75, 3.05) is 13.2 Å². The predicted molar refractivity (Wildman–Crippen MR) is 142 cm³/mol.